The van der Waals surface area contributed by atoms with Crippen molar-refractivity contribution in [2.45, 2.75) is 37.9 Å². The number of carboxylic acids is 1. The second-order valence-electron chi connectivity index (χ2n) is 3.19. The molecule has 0 aliphatic heterocycles. The second-order valence-corrected chi connectivity index (χ2v) is 3.19. The van der Waals surface area contributed by atoms with E-state index in [1.54, 1.807) is 0 Å². The van der Waals surface area contributed by atoms with Gasteiger partial charge in [0.2, 0.25) is 0 Å². The SMILES string of the molecule is C[C@@](N)(CCCC(F)(F)F)C(=O)O. The number of carbonyl (C=O) groups is 1. The summed E-state index contributed by atoms with van der Waals surface area (Å²) >= 11 is 0. The first-order valence-corrected chi connectivity index (χ1v) is 3.74. The van der Waals surface area contributed by atoms with E-state index in [0.29, 0.717) is 0 Å². The van der Waals surface area contributed by atoms with Crippen LogP contribution in [0.5, 0.6) is 0 Å². The lowest BCUT2D eigenvalue weighted by atomic mass is 9.96. The van der Waals surface area contributed by atoms with Crippen LogP contribution in [0.1, 0.15) is 26.2 Å². The molecule has 0 aliphatic carbocycles. The summed E-state index contributed by atoms with van der Waals surface area (Å²) in [6, 6.07) is 0. The first kappa shape index (κ1) is 12.2. The average molecular weight is 199 g/mol. The number of hydrogen-bond acceptors (Lipinski definition) is 2. The number of hydrogen-bond donors (Lipinski definition) is 2. The minimum atomic E-state index is -4.24. The summed E-state index contributed by atoms with van der Waals surface area (Å²) in [6.45, 7) is 1.20. The van der Waals surface area contributed by atoms with E-state index in [0.717, 1.165) is 0 Å². The van der Waals surface area contributed by atoms with Crippen molar-refractivity contribution in [3.05, 3.63) is 0 Å². The second kappa shape index (κ2) is 3.95. The Morgan fingerprint density at radius 3 is 2.15 bits per heavy atom. The summed E-state index contributed by atoms with van der Waals surface area (Å²) < 4.78 is 34.9. The highest BCUT2D eigenvalue weighted by molar-refractivity contribution is 5.77. The molecule has 0 aromatic carbocycles. The van der Waals surface area contributed by atoms with Crippen LogP contribution in [-0.2, 0) is 4.79 Å². The van der Waals surface area contributed by atoms with Crippen LogP contribution in [0.25, 0.3) is 0 Å². The molecule has 0 aliphatic rings. The van der Waals surface area contributed by atoms with E-state index in [-0.39, 0.29) is 12.8 Å². The Hall–Kier alpha value is -0.780. The molecule has 0 rings (SSSR count). The molecule has 1 atom stereocenters. The van der Waals surface area contributed by atoms with Gasteiger partial charge in [-0.05, 0) is 19.8 Å². The zero-order chi connectivity index (χ0) is 10.7. The third-order valence-electron chi connectivity index (χ3n) is 1.64. The molecule has 3 N–H and O–H groups in total. The molecule has 0 aromatic rings. The van der Waals surface area contributed by atoms with Crippen LogP contribution in [0, 0.1) is 0 Å². The molecule has 0 fully saturated rings. The van der Waals surface area contributed by atoms with Crippen molar-refractivity contribution in [2.24, 2.45) is 5.73 Å². The van der Waals surface area contributed by atoms with Gasteiger partial charge in [0.15, 0.2) is 0 Å². The van der Waals surface area contributed by atoms with Crippen LogP contribution in [0.3, 0.4) is 0 Å². The van der Waals surface area contributed by atoms with E-state index in [4.69, 9.17) is 10.8 Å². The first-order chi connectivity index (χ1) is 5.65. The van der Waals surface area contributed by atoms with Crippen molar-refractivity contribution in [2.75, 3.05) is 0 Å². The van der Waals surface area contributed by atoms with Crippen LogP contribution in [0.2, 0.25) is 0 Å². The molecular formula is C7H12F3NO2. The van der Waals surface area contributed by atoms with Gasteiger partial charge in [0, 0.05) is 6.42 Å². The van der Waals surface area contributed by atoms with E-state index in [2.05, 4.69) is 0 Å². The highest BCUT2D eigenvalue weighted by Gasteiger charge is 2.31. The highest BCUT2D eigenvalue weighted by Crippen LogP contribution is 2.24. The van der Waals surface area contributed by atoms with Crippen molar-refractivity contribution in [1.82, 2.24) is 0 Å². The maximum absolute atomic E-state index is 11.6. The third-order valence-corrected chi connectivity index (χ3v) is 1.64. The lowest BCUT2D eigenvalue weighted by Gasteiger charge is -2.18. The Labute approximate surface area is 73.7 Å². The zero-order valence-corrected chi connectivity index (χ0v) is 7.19. The van der Waals surface area contributed by atoms with Gasteiger partial charge in [0.1, 0.15) is 5.54 Å². The maximum atomic E-state index is 11.6. The van der Waals surface area contributed by atoms with Crippen LogP contribution >= 0.6 is 0 Å². The molecular weight excluding hydrogens is 187 g/mol. The van der Waals surface area contributed by atoms with Gasteiger partial charge in [-0.25, -0.2) is 0 Å². The molecule has 0 aromatic heterocycles. The lowest BCUT2D eigenvalue weighted by Crippen LogP contribution is -2.44. The van der Waals surface area contributed by atoms with Crippen molar-refractivity contribution in [3.63, 3.8) is 0 Å². The van der Waals surface area contributed by atoms with Gasteiger partial charge in [0.05, 0.1) is 0 Å². The summed E-state index contributed by atoms with van der Waals surface area (Å²) in [6.07, 6.45) is -5.67. The maximum Gasteiger partial charge on any atom is 0.389 e. The molecule has 0 unspecified atom stereocenters. The largest absolute Gasteiger partial charge is 0.480 e. The van der Waals surface area contributed by atoms with Crippen LogP contribution in [0.15, 0.2) is 0 Å². The Morgan fingerprint density at radius 1 is 1.38 bits per heavy atom. The molecule has 0 saturated carbocycles. The van der Waals surface area contributed by atoms with Gasteiger partial charge < -0.3 is 10.8 Å². The Morgan fingerprint density at radius 2 is 1.85 bits per heavy atom. The molecule has 0 bridgehead atoms. The molecule has 6 heteroatoms. The Bertz CT molecular complexity index is 189. The standard InChI is InChI=1S/C7H12F3NO2/c1-6(11,5(12)13)3-2-4-7(8,9)10/h2-4,11H2,1H3,(H,12,13)/t6-/m1/s1. The quantitative estimate of drug-likeness (QED) is 0.721. The molecule has 78 valence electrons. The fourth-order valence-corrected chi connectivity index (χ4v) is 0.763. The fourth-order valence-electron chi connectivity index (χ4n) is 0.763. The minimum Gasteiger partial charge on any atom is -0.480 e. The van der Waals surface area contributed by atoms with Crippen LogP contribution in [0.4, 0.5) is 13.2 Å². The van der Waals surface area contributed by atoms with E-state index >= 15 is 0 Å². The lowest BCUT2D eigenvalue weighted by molar-refractivity contribution is -0.146. The normalized spacial score (nSPS) is 16.7. The van der Waals surface area contributed by atoms with E-state index in [9.17, 15) is 18.0 Å². The van der Waals surface area contributed by atoms with Gasteiger partial charge >= 0.3 is 12.1 Å². The van der Waals surface area contributed by atoms with Gasteiger partial charge in [0.25, 0.3) is 0 Å². The number of aliphatic carboxylic acids is 1. The van der Waals surface area contributed by atoms with Crippen molar-refractivity contribution >= 4 is 5.97 Å². The van der Waals surface area contributed by atoms with Crippen molar-refractivity contribution < 1.29 is 23.1 Å². The topological polar surface area (TPSA) is 63.3 Å². The van der Waals surface area contributed by atoms with E-state index < -0.39 is 24.1 Å². The number of alkyl halides is 3. The predicted molar refractivity (Wildman–Crippen MR) is 40.1 cm³/mol. The zero-order valence-electron chi connectivity index (χ0n) is 7.19. The number of halogens is 3. The fraction of sp³-hybridized carbons (Fsp3) is 0.857. The highest BCUT2D eigenvalue weighted by atomic mass is 19.4. The van der Waals surface area contributed by atoms with Crippen molar-refractivity contribution in [1.29, 1.82) is 0 Å². The summed E-state index contributed by atoms with van der Waals surface area (Å²) in [7, 11) is 0. The molecule has 0 spiro atoms. The molecule has 0 heterocycles. The van der Waals surface area contributed by atoms with Crippen molar-refractivity contribution in [3.8, 4) is 0 Å². The number of carboxylic acid groups (broad SMARTS) is 1. The summed E-state index contributed by atoms with van der Waals surface area (Å²) in [5.74, 6) is -1.28. The number of nitrogens with two attached hydrogens (primary N) is 1. The summed E-state index contributed by atoms with van der Waals surface area (Å²) in [4.78, 5) is 10.4. The predicted octanol–water partition coefficient (Wildman–Crippen LogP) is 1.52. The van der Waals surface area contributed by atoms with Crippen LogP contribution < -0.4 is 5.73 Å². The summed E-state index contributed by atoms with van der Waals surface area (Å²) in [5.41, 5.74) is 3.66. The minimum absolute atomic E-state index is 0.179. The average Bonchev–Trinajstić information content (AvgIpc) is 1.82. The Kier molecular flexibility index (Phi) is 3.71. The first-order valence-electron chi connectivity index (χ1n) is 3.74. The van der Waals surface area contributed by atoms with Gasteiger partial charge in [-0.2, -0.15) is 13.2 Å². The third kappa shape index (κ3) is 5.46. The molecule has 0 amide bonds. The summed E-state index contributed by atoms with van der Waals surface area (Å²) in [5, 5.41) is 8.46. The molecule has 0 saturated heterocycles. The number of rotatable bonds is 4. The van der Waals surface area contributed by atoms with Gasteiger partial charge in [-0.3, -0.25) is 4.79 Å². The Balaban J connectivity index is 3.84. The monoisotopic (exact) mass is 199 g/mol. The smallest absolute Gasteiger partial charge is 0.389 e. The van der Waals surface area contributed by atoms with Crippen LogP contribution in [-0.4, -0.2) is 22.8 Å². The van der Waals surface area contributed by atoms with Gasteiger partial charge in [-0.1, -0.05) is 0 Å². The van der Waals surface area contributed by atoms with E-state index in [1.807, 2.05) is 0 Å². The molecule has 0 radical (unpaired) electrons. The van der Waals surface area contributed by atoms with E-state index in [1.165, 1.54) is 6.92 Å². The molecule has 13 heavy (non-hydrogen) atoms. The molecule has 3 nitrogen and oxygen atoms in total. The van der Waals surface area contributed by atoms with Gasteiger partial charge in [-0.15, -0.1) is 0 Å².